The molecular formula is C13H8BClN4O. The fourth-order valence-electron chi connectivity index (χ4n) is 1.79. The van der Waals surface area contributed by atoms with Gasteiger partial charge >= 0.3 is 0 Å². The van der Waals surface area contributed by atoms with E-state index in [4.69, 9.17) is 19.4 Å². The average Bonchev–Trinajstić information content (AvgIpc) is 2.88. The molecule has 1 aromatic heterocycles. The van der Waals surface area contributed by atoms with Crippen LogP contribution in [0.25, 0.3) is 11.0 Å². The summed E-state index contributed by atoms with van der Waals surface area (Å²) in [6.45, 7) is 0. The summed E-state index contributed by atoms with van der Waals surface area (Å²) in [5.74, 6) is -0.0411. The van der Waals surface area contributed by atoms with Gasteiger partial charge in [0.2, 0.25) is 0 Å². The van der Waals surface area contributed by atoms with Crippen molar-refractivity contribution in [2.24, 2.45) is 4.99 Å². The first-order valence-electron chi connectivity index (χ1n) is 5.76. The van der Waals surface area contributed by atoms with E-state index >= 15 is 0 Å². The lowest BCUT2D eigenvalue weighted by atomic mass is 9.93. The number of aromatic amines is 1. The lowest BCUT2D eigenvalue weighted by Crippen LogP contribution is -2.04. The van der Waals surface area contributed by atoms with Crippen LogP contribution in [0.1, 0.15) is 5.56 Å². The Hall–Kier alpha value is -2.34. The second-order valence-electron chi connectivity index (χ2n) is 4.19. The molecule has 3 rings (SSSR count). The van der Waals surface area contributed by atoms with Gasteiger partial charge in [0.25, 0.3) is 0 Å². The van der Waals surface area contributed by atoms with Crippen molar-refractivity contribution in [3.8, 4) is 5.75 Å². The molecule has 5 nitrogen and oxygen atoms in total. The van der Waals surface area contributed by atoms with Crippen molar-refractivity contribution in [1.82, 2.24) is 15.4 Å². The fourth-order valence-corrected chi connectivity index (χ4v) is 2.03. The summed E-state index contributed by atoms with van der Waals surface area (Å²) in [6, 6.07) is 8.45. The number of rotatable bonds is 2. The summed E-state index contributed by atoms with van der Waals surface area (Å²) in [5, 5.41) is 20.7. The molecular weight excluding hydrogens is 274 g/mol. The van der Waals surface area contributed by atoms with Crippen molar-refractivity contribution in [2.45, 2.75) is 0 Å². The first-order valence-corrected chi connectivity index (χ1v) is 6.14. The normalized spacial score (nSPS) is 11.4. The molecule has 0 bridgehead atoms. The van der Waals surface area contributed by atoms with Crippen LogP contribution in [-0.4, -0.2) is 34.6 Å². The van der Waals surface area contributed by atoms with Gasteiger partial charge in [0.15, 0.2) is 0 Å². The minimum atomic E-state index is -0.0411. The molecule has 0 aliphatic heterocycles. The molecule has 7 heteroatoms. The summed E-state index contributed by atoms with van der Waals surface area (Å²) < 4.78 is 0. The third-order valence-electron chi connectivity index (χ3n) is 2.79. The summed E-state index contributed by atoms with van der Waals surface area (Å²) in [4.78, 5) is 4.27. The molecule has 2 radical (unpaired) electrons. The number of halogens is 1. The zero-order valence-electron chi connectivity index (χ0n) is 10.2. The number of aliphatic imine (C=N–C) groups is 1. The van der Waals surface area contributed by atoms with E-state index in [0.717, 1.165) is 11.0 Å². The van der Waals surface area contributed by atoms with Gasteiger partial charge < -0.3 is 5.11 Å². The molecule has 0 spiro atoms. The number of fused-ring (bicyclic) bond motifs is 1. The summed E-state index contributed by atoms with van der Waals surface area (Å²) in [6.07, 6.45) is 1.50. The van der Waals surface area contributed by atoms with Gasteiger partial charge in [-0.1, -0.05) is 17.1 Å². The smallest absolute Gasteiger partial charge is 0.119 e. The highest BCUT2D eigenvalue weighted by Gasteiger charge is 2.04. The van der Waals surface area contributed by atoms with Crippen molar-refractivity contribution in [2.75, 3.05) is 0 Å². The standard InChI is InChI=1S/C13H8BClN4O/c14-10-4-8(15)3-7(13(10)20)6-16-9-1-2-11-12(5-9)18-19-17-11/h1-6,20H,(H,17,18,19). The number of benzene rings is 2. The summed E-state index contributed by atoms with van der Waals surface area (Å²) in [5.41, 5.74) is 2.83. The first kappa shape index (κ1) is 12.7. The van der Waals surface area contributed by atoms with Gasteiger partial charge in [-0.15, -0.1) is 0 Å². The summed E-state index contributed by atoms with van der Waals surface area (Å²) >= 11 is 5.89. The van der Waals surface area contributed by atoms with Crippen LogP contribution in [0.15, 0.2) is 35.3 Å². The van der Waals surface area contributed by atoms with Gasteiger partial charge in [-0.05, 0) is 30.3 Å². The summed E-state index contributed by atoms with van der Waals surface area (Å²) in [7, 11) is 5.63. The number of hydrogen-bond acceptors (Lipinski definition) is 4. The predicted molar refractivity (Wildman–Crippen MR) is 79.6 cm³/mol. The third-order valence-corrected chi connectivity index (χ3v) is 3.00. The van der Waals surface area contributed by atoms with E-state index in [2.05, 4.69) is 20.4 Å². The molecule has 0 fully saturated rings. The maximum Gasteiger partial charge on any atom is 0.119 e. The van der Waals surface area contributed by atoms with Crippen LogP contribution in [-0.2, 0) is 0 Å². The second-order valence-corrected chi connectivity index (χ2v) is 4.62. The van der Waals surface area contributed by atoms with E-state index in [9.17, 15) is 5.11 Å². The predicted octanol–water partition coefficient (Wildman–Crippen LogP) is 1.86. The Morgan fingerprint density at radius 3 is 2.85 bits per heavy atom. The topological polar surface area (TPSA) is 74.2 Å². The van der Waals surface area contributed by atoms with Crippen LogP contribution < -0.4 is 5.46 Å². The molecule has 0 aliphatic rings. The number of phenolic OH excluding ortho intramolecular Hbond substituents is 1. The zero-order valence-corrected chi connectivity index (χ0v) is 11.0. The number of hydrogen-bond donors (Lipinski definition) is 2. The molecule has 20 heavy (non-hydrogen) atoms. The third kappa shape index (κ3) is 2.37. The van der Waals surface area contributed by atoms with E-state index in [0.29, 0.717) is 16.3 Å². The molecule has 1 heterocycles. The van der Waals surface area contributed by atoms with Crippen molar-refractivity contribution < 1.29 is 5.11 Å². The highest BCUT2D eigenvalue weighted by molar-refractivity contribution is 6.38. The van der Waals surface area contributed by atoms with Crippen LogP contribution >= 0.6 is 11.6 Å². The largest absolute Gasteiger partial charge is 0.508 e. The van der Waals surface area contributed by atoms with Crippen LogP contribution in [0, 0.1) is 0 Å². The van der Waals surface area contributed by atoms with Gasteiger partial charge in [-0.3, -0.25) is 4.99 Å². The van der Waals surface area contributed by atoms with Gasteiger partial charge in [0, 0.05) is 16.8 Å². The molecule has 0 saturated heterocycles. The molecule has 96 valence electrons. The van der Waals surface area contributed by atoms with Crippen LogP contribution in [0.3, 0.4) is 0 Å². The fraction of sp³-hybridized carbons (Fsp3) is 0. The maximum absolute atomic E-state index is 9.84. The Bertz CT molecular complexity index is 815. The van der Waals surface area contributed by atoms with Gasteiger partial charge in [0.1, 0.15) is 24.6 Å². The van der Waals surface area contributed by atoms with E-state index in [1.807, 2.05) is 0 Å². The van der Waals surface area contributed by atoms with Crippen molar-refractivity contribution in [3.63, 3.8) is 0 Å². The van der Waals surface area contributed by atoms with Crippen molar-refractivity contribution >= 4 is 47.8 Å². The Kier molecular flexibility index (Phi) is 3.16. The molecule has 2 N–H and O–H groups in total. The number of nitrogens with one attached hydrogen (secondary N) is 1. The van der Waals surface area contributed by atoms with Crippen molar-refractivity contribution in [3.05, 3.63) is 40.9 Å². The molecule has 0 aliphatic carbocycles. The Morgan fingerprint density at radius 2 is 2.00 bits per heavy atom. The Morgan fingerprint density at radius 1 is 1.20 bits per heavy atom. The van der Waals surface area contributed by atoms with Gasteiger partial charge in [-0.25, -0.2) is 0 Å². The Labute approximate surface area is 120 Å². The number of phenols is 1. The van der Waals surface area contributed by atoms with E-state index in [1.165, 1.54) is 12.3 Å². The number of aromatic hydroxyl groups is 1. The lowest BCUT2D eigenvalue weighted by Gasteiger charge is -2.04. The average molecular weight is 282 g/mol. The minimum Gasteiger partial charge on any atom is -0.508 e. The zero-order chi connectivity index (χ0) is 14.1. The van der Waals surface area contributed by atoms with Crippen LogP contribution in [0.4, 0.5) is 5.69 Å². The minimum absolute atomic E-state index is 0.0411. The van der Waals surface area contributed by atoms with E-state index in [-0.39, 0.29) is 11.2 Å². The number of nitrogens with zero attached hydrogens (tertiary/aromatic N) is 3. The quantitative estimate of drug-likeness (QED) is 0.556. The Balaban J connectivity index is 1.97. The molecule has 0 unspecified atom stereocenters. The molecule has 0 saturated carbocycles. The molecule has 0 atom stereocenters. The lowest BCUT2D eigenvalue weighted by molar-refractivity contribution is 0.479. The molecule has 2 aromatic carbocycles. The monoisotopic (exact) mass is 282 g/mol. The molecule has 0 amide bonds. The van der Waals surface area contributed by atoms with E-state index < -0.39 is 0 Å². The van der Waals surface area contributed by atoms with Crippen LogP contribution in [0.2, 0.25) is 5.02 Å². The first-order chi connectivity index (χ1) is 9.63. The van der Waals surface area contributed by atoms with Crippen molar-refractivity contribution in [1.29, 1.82) is 0 Å². The van der Waals surface area contributed by atoms with Gasteiger partial charge in [-0.2, -0.15) is 15.4 Å². The van der Waals surface area contributed by atoms with E-state index in [1.54, 1.807) is 24.3 Å². The maximum atomic E-state index is 9.84. The second kappa shape index (κ2) is 4.98. The number of aromatic nitrogens is 3. The van der Waals surface area contributed by atoms with Crippen LogP contribution in [0.5, 0.6) is 5.75 Å². The number of H-pyrrole nitrogens is 1. The highest BCUT2D eigenvalue weighted by Crippen LogP contribution is 2.20. The highest BCUT2D eigenvalue weighted by atomic mass is 35.5. The SMILES string of the molecule is [B]c1cc(Cl)cc(C=Nc2ccc3n[nH]nc3c2)c1O. The molecule has 3 aromatic rings. The van der Waals surface area contributed by atoms with Gasteiger partial charge in [0.05, 0.1) is 5.69 Å².